The summed E-state index contributed by atoms with van der Waals surface area (Å²) in [6.07, 6.45) is 3.59. The Morgan fingerprint density at radius 3 is 2.75 bits per heavy atom. The molecule has 0 aliphatic carbocycles. The van der Waals surface area contributed by atoms with Crippen LogP contribution < -0.4 is 10.6 Å². The zero-order chi connectivity index (χ0) is 17.5. The molecule has 0 aliphatic rings. The molecule has 0 aliphatic heterocycles. The molecule has 1 aromatic heterocycles. The number of aryl methyl sites for hydroxylation is 1. The van der Waals surface area contributed by atoms with Crippen molar-refractivity contribution in [2.45, 2.75) is 46.5 Å². The van der Waals surface area contributed by atoms with E-state index in [4.69, 9.17) is 0 Å². The average Bonchev–Trinajstić information content (AvgIpc) is 2.57. The van der Waals surface area contributed by atoms with Crippen molar-refractivity contribution in [2.24, 2.45) is 0 Å². The average molecular weight is 326 g/mol. The van der Waals surface area contributed by atoms with Crippen molar-refractivity contribution in [3.63, 3.8) is 0 Å². The van der Waals surface area contributed by atoms with Gasteiger partial charge in [0.2, 0.25) is 0 Å². The summed E-state index contributed by atoms with van der Waals surface area (Å²) in [5.41, 5.74) is 3.40. The molecule has 5 heteroatoms. The smallest absolute Gasteiger partial charge is 0.274 e. The predicted octanol–water partition coefficient (Wildman–Crippen LogP) is 4.37. The second kappa shape index (κ2) is 8.43. The first-order chi connectivity index (χ1) is 11.5. The van der Waals surface area contributed by atoms with Gasteiger partial charge >= 0.3 is 0 Å². The van der Waals surface area contributed by atoms with Crippen LogP contribution in [-0.2, 0) is 0 Å². The van der Waals surface area contributed by atoms with Crippen molar-refractivity contribution in [3.05, 3.63) is 47.4 Å². The van der Waals surface area contributed by atoms with E-state index < -0.39 is 0 Å². The molecule has 2 aromatic rings. The number of nitrogens with zero attached hydrogens (tertiary/aromatic N) is 2. The van der Waals surface area contributed by atoms with E-state index in [2.05, 4.69) is 41.4 Å². The lowest BCUT2D eigenvalue weighted by molar-refractivity contribution is 0.102. The van der Waals surface area contributed by atoms with E-state index in [0.717, 1.165) is 36.2 Å². The normalized spacial score (nSPS) is 10.7. The Bertz CT molecular complexity index is 698. The quantitative estimate of drug-likeness (QED) is 0.741. The highest BCUT2D eigenvalue weighted by molar-refractivity contribution is 6.04. The van der Waals surface area contributed by atoms with E-state index in [1.807, 2.05) is 25.1 Å². The van der Waals surface area contributed by atoms with Crippen LogP contribution in [0.4, 0.5) is 11.5 Å². The first-order valence-electron chi connectivity index (χ1n) is 8.49. The Morgan fingerprint density at radius 2 is 2.04 bits per heavy atom. The minimum atomic E-state index is -0.216. The molecule has 0 saturated carbocycles. The number of amides is 1. The molecule has 0 spiro atoms. The fraction of sp³-hybridized carbons (Fsp3) is 0.421. The van der Waals surface area contributed by atoms with Crippen molar-refractivity contribution in [2.75, 3.05) is 17.2 Å². The summed E-state index contributed by atoms with van der Waals surface area (Å²) < 4.78 is 0. The summed E-state index contributed by atoms with van der Waals surface area (Å²) in [7, 11) is 0. The fourth-order valence-electron chi connectivity index (χ4n) is 2.49. The Morgan fingerprint density at radius 1 is 1.25 bits per heavy atom. The maximum atomic E-state index is 12.6. The second-order valence-corrected chi connectivity index (χ2v) is 6.22. The van der Waals surface area contributed by atoms with Crippen molar-refractivity contribution in [3.8, 4) is 0 Å². The number of carbonyl (C=O) groups is 1. The van der Waals surface area contributed by atoms with Crippen LogP contribution in [0.15, 0.2) is 30.6 Å². The number of rotatable bonds is 7. The molecule has 0 radical (unpaired) electrons. The van der Waals surface area contributed by atoms with Gasteiger partial charge < -0.3 is 10.6 Å². The summed E-state index contributed by atoms with van der Waals surface area (Å²) in [5.74, 6) is 0.793. The van der Waals surface area contributed by atoms with E-state index in [1.54, 1.807) is 6.07 Å². The highest BCUT2D eigenvalue weighted by atomic mass is 16.1. The summed E-state index contributed by atoms with van der Waals surface area (Å²) in [6, 6.07) is 7.75. The lowest BCUT2D eigenvalue weighted by atomic mass is 9.98. The summed E-state index contributed by atoms with van der Waals surface area (Å²) in [5, 5.41) is 6.23. The Labute approximate surface area is 143 Å². The third-order valence-electron chi connectivity index (χ3n) is 3.90. The Balaban J connectivity index is 2.17. The van der Waals surface area contributed by atoms with Gasteiger partial charge in [0.15, 0.2) is 0 Å². The van der Waals surface area contributed by atoms with Crippen LogP contribution in [0.5, 0.6) is 0 Å². The van der Waals surface area contributed by atoms with E-state index in [9.17, 15) is 4.79 Å². The third-order valence-corrected chi connectivity index (χ3v) is 3.90. The fourth-order valence-corrected chi connectivity index (χ4v) is 2.49. The predicted molar refractivity (Wildman–Crippen MR) is 98.7 cm³/mol. The number of aromatic nitrogens is 2. The largest absolute Gasteiger partial charge is 0.370 e. The van der Waals surface area contributed by atoms with E-state index in [1.165, 1.54) is 6.33 Å². The van der Waals surface area contributed by atoms with Crippen LogP contribution in [0.2, 0.25) is 0 Å². The van der Waals surface area contributed by atoms with Gasteiger partial charge in [-0.25, -0.2) is 9.97 Å². The maximum Gasteiger partial charge on any atom is 0.274 e. The zero-order valence-electron chi connectivity index (χ0n) is 14.9. The van der Waals surface area contributed by atoms with Gasteiger partial charge in [0.05, 0.1) is 0 Å². The molecule has 2 rings (SSSR count). The van der Waals surface area contributed by atoms with Gasteiger partial charge in [0, 0.05) is 18.3 Å². The van der Waals surface area contributed by atoms with Crippen LogP contribution in [0.3, 0.4) is 0 Å². The zero-order valence-corrected chi connectivity index (χ0v) is 14.9. The summed E-state index contributed by atoms with van der Waals surface area (Å²) in [6.45, 7) is 9.20. The van der Waals surface area contributed by atoms with Gasteiger partial charge in [-0.1, -0.05) is 45.4 Å². The molecule has 24 heavy (non-hydrogen) atoms. The molecular formula is C19H26N4O. The summed E-state index contributed by atoms with van der Waals surface area (Å²) in [4.78, 5) is 20.9. The van der Waals surface area contributed by atoms with Gasteiger partial charge in [0.25, 0.3) is 5.91 Å². The minimum Gasteiger partial charge on any atom is -0.370 e. The van der Waals surface area contributed by atoms with Crippen molar-refractivity contribution in [1.29, 1.82) is 0 Å². The molecule has 2 N–H and O–H groups in total. The summed E-state index contributed by atoms with van der Waals surface area (Å²) >= 11 is 0. The van der Waals surface area contributed by atoms with E-state index in [0.29, 0.717) is 17.4 Å². The van der Waals surface area contributed by atoms with Gasteiger partial charge in [0.1, 0.15) is 17.8 Å². The molecule has 1 aromatic carbocycles. The molecule has 128 valence electrons. The first kappa shape index (κ1) is 17.9. The lowest BCUT2D eigenvalue weighted by Gasteiger charge is -2.16. The molecule has 0 atom stereocenters. The number of unbranched alkanes of at least 4 members (excludes halogenated alkanes) is 1. The van der Waals surface area contributed by atoms with Crippen LogP contribution in [0.25, 0.3) is 0 Å². The van der Waals surface area contributed by atoms with Crippen LogP contribution in [0, 0.1) is 6.92 Å². The van der Waals surface area contributed by atoms with E-state index in [-0.39, 0.29) is 5.91 Å². The van der Waals surface area contributed by atoms with Gasteiger partial charge in [-0.15, -0.1) is 0 Å². The number of benzene rings is 1. The Hall–Kier alpha value is -2.43. The molecule has 0 saturated heterocycles. The molecule has 0 bridgehead atoms. The van der Waals surface area contributed by atoms with Crippen LogP contribution >= 0.6 is 0 Å². The lowest BCUT2D eigenvalue weighted by Crippen LogP contribution is -2.17. The number of nitrogens with one attached hydrogen (secondary N) is 2. The van der Waals surface area contributed by atoms with Crippen molar-refractivity contribution < 1.29 is 4.79 Å². The third kappa shape index (κ3) is 4.54. The standard InChI is InChI=1S/C19H26N4O/c1-5-6-10-20-17-11-16(21-12-22-17)19(24)23-18-14(4)8-7-9-15(18)13(2)3/h7-9,11-13H,5-6,10H2,1-4H3,(H,23,24)(H,20,21,22). The SMILES string of the molecule is CCCCNc1cc(C(=O)Nc2c(C)cccc2C(C)C)ncn1. The van der Waals surface area contributed by atoms with Gasteiger partial charge in [-0.3, -0.25) is 4.79 Å². The van der Waals surface area contributed by atoms with E-state index >= 15 is 0 Å². The monoisotopic (exact) mass is 326 g/mol. The topological polar surface area (TPSA) is 66.9 Å². The first-order valence-corrected chi connectivity index (χ1v) is 8.49. The van der Waals surface area contributed by atoms with Crippen LogP contribution in [0.1, 0.15) is 61.1 Å². The number of carbonyl (C=O) groups excluding carboxylic acids is 1. The second-order valence-electron chi connectivity index (χ2n) is 6.22. The highest BCUT2D eigenvalue weighted by Gasteiger charge is 2.14. The van der Waals surface area contributed by atoms with Crippen LogP contribution in [-0.4, -0.2) is 22.4 Å². The molecule has 1 amide bonds. The highest BCUT2D eigenvalue weighted by Crippen LogP contribution is 2.27. The molecular weight excluding hydrogens is 300 g/mol. The number of hydrogen-bond acceptors (Lipinski definition) is 4. The van der Waals surface area contributed by atoms with Gasteiger partial charge in [-0.2, -0.15) is 0 Å². The maximum absolute atomic E-state index is 12.6. The number of hydrogen-bond donors (Lipinski definition) is 2. The molecule has 0 unspecified atom stereocenters. The Kier molecular flexibility index (Phi) is 6.29. The molecule has 5 nitrogen and oxygen atoms in total. The molecule has 1 heterocycles. The number of anilines is 2. The minimum absolute atomic E-state index is 0.216. The molecule has 0 fully saturated rings. The van der Waals surface area contributed by atoms with Crippen molar-refractivity contribution in [1.82, 2.24) is 9.97 Å². The van der Waals surface area contributed by atoms with Gasteiger partial charge in [-0.05, 0) is 30.4 Å². The number of para-hydroxylation sites is 1. The van der Waals surface area contributed by atoms with Crippen molar-refractivity contribution >= 4 is 17.4 Å².